The first-order valence-corrected chi connectivity index (χ1v) is 8.35. The van der Waals surface area contributed by atoms with Crippen molar-refractivity contribution in [3.8, 4) is 0 Å². The van der Waals surface area contributed by atoms with Crippen LogP contribution in [0.3, 0.4) is 0 Å². The molecule has 1 aliphatic rings. The van der Waals surface area contributed by atoms with Crippen LogP contribution in [0.4, 0.5) is 0 Å². The van der Waals surface area contributed by atoms with Gasteiger partial charge in [0.1, 0.15) is 0 Å². The maximum Gasteiger partial charge on any atom is 0.328 e. The Kier molecular flexibility index (Phi) is 4.04. The van der Waals surface area contributed by atoms with E-state index in [0.29, 0.717) is 18.5 Å². The molecule has 0 spiro atoms. The number of aryl methyl sites for hydroxylation is 2. The molecule has 0 saturated carbocycles. The number of likely N-dealkylation sites (tertiary alicyclic amines) is 1. The minimum absolute atomic E-state index is 0.0400. The summed E-state index contributed by atoms with van der Waals surface area (Å²) in [5, 5.41) is 0. The summed E-state index contributed by atoms with van der Waals surface area (Å²) in [6.45, 7) is 4.27. The van der Waals surface area contributed by atoms with Crippen LogP contribution in [-0.2, 0) is 25.3 Å². The van der Waals surface area contributed by atoms with Crippen molar-refractivity contribution in [2.45, 2.75) is 51.6 Å². The molecular weight excluding hydrogens is 290 g/mol. The van der Waals surface area contributed by atoms with Crippen molar-refractivity contribution >= 4 is 16.9 Å². The Hall–Kier alpha value is -2.04. The molecule has 1 aliphatic heterocycles. The van der Waals surface area contributed by atoms with Crippen LogP contribution >= 0.6 is 0 Å². The Bertz CT molecular complexity index is 792. The number of imidazole rings is 1. The standard InChI is InChI=1S/C18H25N3O2/c1-12-6-5-7-13(2)21(12)17(22)11-14-8-9-15-16(10-14)20(4)18(23)19(15)3/h8-10,12-13H,5-7,11H2,1-4H3. The van der Waals surface area contributed by atoms with E-state index in [9.17, 15) is 9.59 Å². The van der Waals surface area contributed by atoms with Gasteiger partial charge in [-0.1, -0.05) is 6.07 Å². The van der Waals surface area contributed by atoms with Gasteiger partial charge in [0.25, 0.3) is 0 Å². The van der Waals surface area contributed by atoms with E-state index in [1.807, 2.05) is 23.1 Å². The molecule has 0 N–H and O–H groups in total. The third kappa shape index (κ3) is 2.69. The molecule has 1 fully saturated rings. The second kappa shape index (κ2) is 5.87. The molecule has 1 aromatic carbocycles. The summed E-state index contributed by atoms with van der Waals surface area (Å²) in [6, 6.07) is 6.49. The van der Waals surface area contributed by atoms with Crippen LogP contribution in [0.2, 0.25) is 0 Å². The minimum atomic E-state index is -0.0400. The number of carbonyl (C=O) groups is 1. The SMILES string of the molecule is CC1CCCC(C)N1C(=O)Cc1ccc2c(c1)n(C)c(=O)n2C. The summed E-state index contributed by atoms with van der Waals surface area (Å²) in [5.74, 6) is 0.185. The molecule has 3 rings (SSSR count). The van der Waals surface area contributed by atoms with E-state index in [1.165, 1.54) is 6.42 Å². The summed E-state index contributed by atoms with van der Waals surface area (Å²) < 4.78 is 3.27. The maximum atomic E-state index is 12.7. The molecule has 23 heavy (non-hydrogen) atoms. The first kappa shape index (κ1) is 15.8. The average molecular weight is 315 g/mol. The molecule has 1 aromatic heterocycles. The molecule has 124 valence electrons. The van der Waals surface area contributed by atoms with Crippen LogP contribution in [0.25, 0.3) is 11.0 Å². The number of piperidine rings is 1. The minimum Gasteiger partial charge on any atom is -0.337 e. The molecule has 2 heterocycles. The van der Waals surface area contributed by atoms with Crippen LogP contribution in [0.1, 0.15) is 38.7 Å². The van der Waals surface area contributed by atoms with Crippen molar-refractivity contribution in [3.63, 3.8) is 0 Å². The van der Waals surface area contributed by atoms with Gasteiger partial charge in [-0.3, -0.25) is 13.9 Å². The lowest BCUT2D eigenvalue weighted by molar-refractivity contribution is -0.136. The van der Waals surface area contributed by atoms with E-state index < -0.39 is 0 Å². The fraction of sp³-hybridized carbons (Fsp3) is 0.556. The number of benzene rings is 1. The first-order valence-electron chi connectivity index (χ1n) is 8.35. The summed E-state index contributed by atoms with van der Waals surface area (Å²) in [5.41, 5.74) is 2.70. The van der Waals surface area contributed by atoms with Gasteiger partial charge in [0.15, 0.2) is 0 Å². The van der Waals surface area contributed by atoms with Crippen molar-refractivity contribution in [3.05, 3.63) is 34.2 Å². The molecule has 0 bridgehead atoms. The summed E-state index contributed by atoms with van der Waals surface area (Å²) >= 11 is 0. The molecule has 1 amide bonds. The Labute approximate surface area is 136 Å². The maximum absolute atomic E-state index is 12.7. The third-order valence-corrected chi connectivity index (χ3v) is 5.17. The number of rotatable bonds is 2. The van der Waals surface area contributed by atoms with E-state index in [1.54, 1.807) is 23.2 Å². The van der Waals surface area contributed by atoms with E-state index in [0.717, 1.165) is 29.4 Å². The quantitative estimate of drug-likeness (QED) is 0.853. The zero-order valence-electron chi connectivity index (χ0n) is 14.4. The highest BCUT2D eigenvalue weighted by Crippen LogP contribution is 2.24. The number of hydrogen-bond acceptors (Lipinski definition) is 2. The smallest absolute Gasteiger partial charge is 0.328 e. The second-order valence-electron chi connectivity index (χ2n) is 6.83. The van der Waals surface area contributed by atoms with E-state index in [-0.39, 0.29) is 11.6 Å². The van der Waals surface area contributed by atoms with Crippen molar-refractivity contribution in [1.82, 2.24) is 14.0 Å². The first-order chi connectivity index (χ1) is 10.9. The van der Waals surface area contributed by atoms with E-state index in [2.05, 4.69) is 13.8 Å². The van der Waals surface area contributed by atoms with Crippen molar-refractivity contribution in [1.29, 1.82) is 0 Å². The molecule has 0 aliphatic carbocycles. The van der Waals surface area contributed by atoms with Crippen LogP contribution in [0.15, 0.2) is 23.0 Å². The Balaban J connectivity index is 1.88. The zero-order valence-corrected chi connectivity index (χ0v) is 14.4. The lowest BCUT2D eigenvalue weighted by Gasteiger charge is -2.39. The Morgan fingerprint density at radius 3 is 2.35 bits per heavy atom. The monoisotopic (exact) mass is 315 g/mol. The second-order valence-corrected chi connectivity index (χ2v) is 6.83. The molecular formula is C18H25N3O2. The largest absolute Gasteiger partial charge is 0.337 e. The van der Waals surface area contributed by atoms with Crippen molar-refractivity contribution in [2.75, 3.05) is 0 Å². The summed E-state index contributed by atoms with van der Waals surface area (Å²) in [6.07, 6.45) is 3.77. The predicted molar refractivity (Wildman–Crippen MR) is 91.5 cm³/mol. The third-order valence-electron chi connectivity index (χ3n) is 5.17. The van der Waals surface area contributed by atoms with E-state index >= 15 is 0 Å². The number of carbonyl (C=O) groups excluding carboxylic acids is 1. The molecule has 0 radical (unpaired) electrons. The van der Waals surface area contributed by atoms with Gasteiger partial charge >= 0.3 is 5.69 Å². The van der Waals surface area contributed by atoms with Gasteiger partial charge < -0.3 is 4.90 Å². The van der Waals surface area contributed by atoms with Crippen LogP contribution < -0.4 is 5.69 Å². The Morgan fingerprint density at radius 1 is 1.09 bits per heavy atom. The zero-order chi connectivity index (χ0) is 16.7. The predicted octanol–water partition coefficient (Wildman–Crippen LogP) is 2.21. The molecule has 2 atom stereocenters. The van der Waals surface area contributed by atoms with Crippen molar-refractivity contribution in [2.24, 2.45) is 14.1 Å². The molecule has 1 saturated heterocycles. The van der Waals surface area contributed by atoms with Gasteiger partial charge in [0, 0.05) is 26.2 Å². The fourth-order valence-corrected chi connectivity index (χ4v) is 3.84. The van der Waals surface area contributed by atoms with Gasteiger partial charge in [-0.05, 0) is 50.8 Å². The summed E-state index contributed by atoms with van der Waals surface area (Å²) in [7, 11) is 3.54. The van der Waals surface area contributed by atoms with Crippen LogP contribution in [0.5, 0.6) is 0 Å². The van der Waals surface area contributed by atoms with Gasteiger partial charge in [-0.25, -0.2) is 4.79 Å². The average Bonchev–Trinajstić information content (AvgIpc) is 2.72. The molecule has 2 unspecified atom stereocenters. The van der Waals surface area contributed by atoms with Gasteiger partial charge in [-0.15, -0.1) is 0 Å². The molecule has 5 heteroatoms. The Morgan fingerprint density at radius 2 is 1.70 bits per heavy atom. The van der Waals surface area contributed by atoms with Crippen LogP contribution in [0, 0.1) is 0 Å². The van der Waals surface area contributed by atoms with Crippen molar-refractivity contribution < 1.29 is 4.79 Å². The topological polar surface area (TPSA) is 47.2 Å². The lowest BCUT2D eigenvalue weighted by atomic mass is 9.96. The highest BCUT2D eigenvalue weighted by atomic mass is 16.2. The number of fused-ring (bicyclic) bond motifs is 1. The summed E-state index contributed by atoms with van der Waals surface area (Å²) in [4.78, 5) is 26.8. The molecule has 2 aromatic rings. The lowest BCUT2D eigenvalue weighted by Crippen LogP contribution is -2.48. The van der Waals surface area contributed by atoms with Crippen LogP contribution in [-0.4, -0.2) is 32.0 Å². The number of aromatic nitrogens is 2. The number of hydrogen-bond donors (Lipinski definition) is 0. The van der Waals surface area contributed by atoms with Gasteiger partial charge in [-0.2, -0.15) is 0 Å². The number of amides is 1. The highest BCUT2D eigenvalue weighted by Gasteiger charge is 2.28. The normalized spacial score (nSPS) is 21.8. The van der Waals surface area contributed by atoms with E-state index in [4.69, 9.17) is 0 Å². The molecule has 5 nitrogen and oxygen atoms in total. The van der Waals surface area contributed by atoms with Gasteiger partial charge in [0.2, 0.25) is 5.91 Å². The highest BCUT2D eigenvalue weighted by molar-refractivity contribution is 5.82. The fourth-order valence-electron chi connectivity index (χ4n) is 3.84. The number of nitrogens with zero attached hydrogens (tertiary/aromatic N) is 3. The van der Waals surface area contributed by atoms with Gasteiger partial charge in [0.05, 0.1) is 17.5 Å².